The maximum absolute atomic E-state index is 5.25. The van der Waals surface area contributed by atoms with Crippen LogP contribution in [0, 0.1) is 0 Å². The van der Waals surface area contributed by atoms with Crippen molar-refractivity contribution in [1.82, 2.24) is 10.6 Å². The van der Waals surface area contributed by atoms with Crippen LogP contribution in [0.25, 0.3) is 0 Å². The Bertz CT molecular complexity index is 163. The van der Waals surface area contributed by atoms with Gasteiger partial charge in [0, 0.05) is 20.2 Å². The molecule has 2 atom stereocenters. The van der Waals surface area contributed by atoms with Crippen LogP contribution in [0.2, 0.25) is 0 Å². The molecule has 1 rings (SSSR count). The van der Waals surface area contributed by atoms with E-state index in [1.165, 1.54) is 0 Å². The molecule has 0 aromatic heterocycles. The molecule has 1 saturated carbocycles. The highest BCUT2D eigenvalue weighted by Crippen LogP contribution is 2.20. The van der Waals surface area contributed by atoms with Gasteiger partial charge >= 0.3 is 0 Å². The fourth-order valence-corrected chi connectivity index (χ4v) is 1.71. The molecule has 2 unspecified atom stereocenters. The van der Waals surface area contributed by atoms with Gasteiger partial charge < -0.3 is 15.4 Å². The zero-order valence-corrected chi connectivity index (χ0v) is 8.41. The Morgan fingerprint density at radius 2 is 2.25 bits per heavy atom. The number of nitrogens with one attached hydrogen (secondary N) is 2. The van der Waals surface area contributed by atoms with E-state index in [2.05, 4.69) is 10.6 Å². The lowest BCUT2D eigenvalue weighted by atomic mass is 10.2. The minimum absolute atomic E-state index is 0.419. The lowest BCUT2D eigenvalue weighted by molar-refractivity contribution is 0.107. The number of ether oxygens (including phenoxy) is 1. The summed E-state index contributed by atoms with van der Waals surface area (Å²) >= 11 is 5.00. The molecule has 0 amide bonds. The molecule has 0 bridgehead atoms. The first-order valence-corrected chi connectivity index (χ1v) is 4.68. The number of thiocarbonyl (C=S) groups is 1. The molecule has 0 aromatic rings. The van der Waals surface area contributed by atoms with E-state index in [4.69, 9.17) is 17.0 Å². The summed E-state index contributed by atoms with van der Waals surface area (Å²) < 4.78 is 5.25. The van der Waals surface area contributed by atoms with Gasteiger partial charge in [-0.15, -0.1) is 0 Å². The fourth-order valence-electron chi connectivity index (χ4n) is 1.54. The van der Waals surface area contributed by atoms with E-state index >= 15 is 0 Å². The molecular formula is C8H16N2OS. The van der Waals surface area contributed by atoms with Crippen molar-refractivity contribution in [1.29, 1.82) is 0 Å². The highest BCUT2D eigenvalue weighted by Gasteiger charge is 2.24. The van der Waals surface area contributed by atoms with Crippen molar-refractivity contribution in [2.24, 2.45) is 0 Å². The molecule has 3 nitrogen and oxygen atoms in total. The van der Waals surface area contributed by atoms with Gasteiger partial charge in [-0.05, 0) is 31.5 Å². The van der Waals surface area contributed by atoms with Gasteiger partial charge in [-0.3, -0.25) is 0 Å². The van der Waals surface area contributed by atoms with Gasteiger partial charge in [0.15, 0.2) is 5.11 Å². The van der Waals surface area contributed by atoms with E-state index in [9.17, 15) is 0 Å². The van der Waals surface area contributed by atoms with Gasteiger partial charge in [-0.25, -0.2) is 0 Å². The molecule has 1 fully saturated rings. The molecule has 0 saturated heterocycles. The molecule has 2 N–H and O–H groups in total. The third kappa shape index (κ3) is 2.60. The van der Waals surface area contributed by atoms with Crippen LogP contribution in [-0.2, 0) is 4.74 Å². The van der Waals surface area contributed by atoms with E-state index in [1.807, 2.05) is 7.05 Å². The van der Waals surface area contributed by atoms with Gasteiger partial charge in [-0.2, -0.15) is 0 Å². The van der Waals surface area contributed by atoms with Crippen LogP contribution >= 0.6 is 12.2 Å². The van der Waals surface area contributed by atoms with E-state index in [-0.39, 0.29) is 0 Å². The number of hydrogen-bond acceptors (Lipinski definition) is 2. The SMILES string of the molecule is CNC(=S)NC1CCC(OC)C1. The second-order valence-electron chi connectivity index (χ2n) is 3.09. The second-order valence-corrected chi connectivity index (χ2v) is 3.50. The molecule has 1 aliphatic carbocycles. The Kier molecular flexibility index (Phi) is 3.75. The second kappa shape index (κ2) is 4.62. The van der Waals surface area contributed by atoms with Crippen molar-refractivity contribution >= 4 is 17.3 Å². The third-order valence-corrected chi connectivity index (χ3v) is 2.60. The van der Waals surface area contributed by atoms with E-state index in [1.54, 1.807) is 7.11 Å². The minimum Gasteiger partial charge on any atom is -0.381 e. The maximum Gasteiger partial charge on any atom is 0.166 e. The largest absolute Gasteiger partial charge is 0.381 e. The Balaban J connectivity index is 2.23. The van der Waals surface area contributed by atoms with Gasteiger partial charge in [-0.1, -0.05) is 0 Å². The standard InChI is InChI=1S/C8H16N2OS/c1-9-8(12)10-6-3-4-7(5-6)11-2/h6-7H,3-5H2,1-2H3,(H2,9,10,12). The Hall–Kier alpha value is -0.350. The lowest BCUT2D eigenvalue weighted by Crippen LogP contribution is -2.39. The zero-order valence-electron chi connectivity index (χ0n) is 7.59. The average molecular weight is 188 g/mol. The highest BCUT2D eigenvalue weighted by atomic mass is 32.1. The predicted octanol–water partition coefficient (Wildman–Crippen LogP) is 0.648. The average Bonchev–Trinajstić information content (AvgIpc) is 2.52. The molecule has 4 heteroatoms. The summed E-state index contributed by atoms with van der Waals surface area (Å²) in [5, 5.41) is 6.87. The Morgan fingerprint density at radius 1 is 1.50 bits per heavy atom. The molecule has 0 aliphatic heterocycles. The van der Waals surface area contributed by atoms with E-state index in [0.29, 0.717) is 12.1 Å². The van der Waals surface area contributed by atoms with Crippen LogP contribution in [0.15, 0.2) is 0 Å². The van der Waals surface area contributed by atoms with Gasteiger partial charge in [0.2, 0.25) is 0 Å². The van der Waals surface area contributed by atoms with Crippen molar-refractivity contribution in [3.05, 3.63) is 0 Å². The van der Waals surface area contributed by atoms with Gasteiger partial charge in [0.05, 0.1) is 6.10 Å². The fraction of sp³-hybridized carbons (Fsp3) is 0.875. The van der Waals surface area contributed by atoms with Gasteiger partial charge in [0.1, 0.15) is 0 Å². The molecule has 0 radical (unpaired) electrons. The highest BCUT2D eigenvalue weighted by molar-refractivity contribution is 7.80. The molecule has 0 spiro atoms. The first kappa shape index (κ1) is 9.74. The zero-order chi connectivity index (χ0) is 8.97. The molecule has 12 heavy (non-hydrogen) atoms. The molecule has 0 aromatic carbocycles. The van der Waals surface area contributed by atoms with E-state index < -0.39 is 0 Å². The maximum atomic E-state index is 5.25. The summed E-state index contributed by atoms with van der Waals surface area (Å²) in [6.45, 7) is 0. The van der Waals surface area contributed by atoms with Crippen LogP contribution in [0.3, 0.4) is 0 Å². The number of hydrogen-bond donors (Lipinski definition) is 2. The number of rotatable bonds is 2. The van der Waals surface area contributed by atoms with Crippen LogP contribution in [-0.4, -0.2) is 31.4 Å². The first-order chi connectivity index (χ1) is 5.76. The summed E-state index contributed by atoms with van der Waals surface area (Å²) in [4.78, 5) is 0. The predicted molar refractivity (Wildman–Crippen MR) is 53.2 cm³/mol. The summed E-state index contributed by atoms with van der Waals surface area (Å²) in [5.74, 6) is 0. The van der Waals surface area contributed by atoms with E-state index in [0.717, 1.165) is 24.4 Å². The molecule has 70 valence electrons. The van der Waals surface area contributed by atoms with Crippen molar-refractivity contribution in [2.45, 2.75) is 31.4 Å². The van der Waals surface area contributed by atoms with Crippen molar-refractivity contribution < 1.29 is 4.74 Å². The first-order valence-electron chi connectivity index (χ1n) is 4.27. The number of methoxy groups -OCH3 is 1. The van der Waals surface area contributed by atoms with Crippen LogP contribution in [0.1, 0.15) is 19.3 Å². The monoisotopic (exact) mass is 188 g/mol. The summed E-state index contributed by atoms with van der Waals surface area (Å²) in [5.41, 5.74) is 0. The summed E-state index contributed by atoms with van der Waals surface area (Å²) in [7, 11) is 3.60. The van der Waals surface area contributed by atoms with Crippen molar-refractivity contribution in [2.75, 3.05) is 14.2 Å². The Morgan fingerprint density at radius 3 is 2.75 bits per heavy atom. The lowest BCUT2D eigenvalue weighted by Gasteiger charge is -2.14. The molecule has 0 heterocycles. The van der Waals surface area contributed by atoms with Crippen LogP contribution in [0.5, 0.6) is 0 Å². The summed E-state index contributed by atoms with van der Waals surface area (Å²) in [6, 6.07) is 0.495. The quantitative estimate of drug-likeness (QED) is 0.623. The minimum atomic E-state index is 0.419. The third-order valence-electron chi connectivity index (χ3n) is 2.28. The van der Waals surface area contributed by atoms with Crippen LogP contribution < -0.4 is 10.6 Å². The Labute approximate surface area is 78.9 Å². The summed E-state index contributed by atoms with van der Waals surface area (Å²) in [6.07, 6.45) is 3.78. The molecule has 1 aliphatic rings. The normalized spacial score (nSPS) is 28.5. The van der Waals surface area contributed by atoms with Crippen LogP contribution in [0.4, 0.5) is 0 Å². The van der Waals surface area contributed by atoms with Crippen molar-refractivity contribution in [3.63, 3.8) is 0 Å². The van der Waals surface area contributed by atoms with Crippen molar-refractivity contribution in [3.8, 4) is 0 Å². The topological polar surface area (TPSA) is 33.3 Å². The van der Waals surface area contributed by atoms with Gasteiger partial charge in [0.25, 0.3) is 0 Å². The smallest absolute Gasteiger partial charge is 0.166 e. The molecular weight excluding hydrogens is 172 g/mol.